The molecule has 2 heterocycles. The van der Waals surface area contributed by atoms with Gasteiger partial charge >= 0.3 is 0 Å². The van der Waals surface area contributed by atoms with Crippen LogP contribution >= 0.6 is 0 Å². The van der Waals surface area contributed by atoms with Gasteiger partial charge in [-0.1, -0.05) is 25.6 Å². The lowest BCUT2D eigenvalue weighted by atomic mass is 10.1. The highest BCUT2D eigenvalue weighted by atomic mass is 28.3. The summed E-state index contributed by atoms with van der Waals surface area (Å²) in [7, 11) is 0.293. The van der Waals surface area contributed by atoms with E-state index in [-0.39, 0.29) is 18.9 Å². The second-order valence-electron chi connectivity index (χ2n) is 7.13. The summed E-state index contributed by atoms with van der Waals surface area (Å²) >= 11 is 0. The number of aromatic nitrogens is 2. The molecule has 2 rings (SSSR count). The fourth-order valence-electron chi connectivity index (χ4n) is 2.33. The predicted molar refractivity (Wildman–Crippen MR) is 88.4 cm³/mol. The maximum atomic E-state index is 12.7. The molecule has 0 spiro atoms. The van der Waals surface area contributed by atoms with Crippen LogP contribution in [0, 0.1) is 11.5 Å². The lowest BCUT2D eigenvalue weighted by Crippen LogP contribution is -2.56. The number of alkyl halides is 2. The van der Waals surface area contributed by atoms with Crippen LogP contribution in [-0.2, 0) is 7.05 Å². The van der Waals surface area contributed by atoms with Crippen molar-refractivity contribution in [3.63, 3.8) is 0 Å². The highest BCUT2D eigenvalue weighted by molar-refractivity contribution is 6.83. The van der Waals surface area contributed by atoms with E-state index in [1.165, 1.54) is 0 Å². The van der Waals surface area contributed by atoms with Crippen molar-refractivity contribution >= 4 is 13.9 Å². The summed E-state index contributed by atoms with van der Waals surface area (Å²) in [6.07, 6.45) is 0.890. The number of carbonyl (C=O) groups is 1. The fraction of sp³-hybridized carbons (Fsp3) is 0.625. The first kappa shape index (κ1) is 17.8. The minimum Gasteiger partial charge on any atom is -0.292 e. The van der Waals surface area contributed by atoms with Crippen molar-refractivity contribution in [2.75, 3.05) is 19.6 Å². The van der Waals surface area contributed by atoms with Crippen molar-refractivity contribution < 1.29 is 13.6 Å². The van der Waals surface area contributed by atoms with Crippen LogP contribution in [0.3, 0.4) is 0 Å². The SMILES string of the molecule is Cn1nc(C(=O)CCCN2CC(F)(F)C2)cc1C#C[Si](C)(C)C. The summed E-state index contributed by atoms with van der Waals surface area (Å²) in [6.45, 7) is 6.60. The van der Waals surface area contributed by atoms with Crippen LogP contribution in [0.1, 0.15) is 29.0 Å². The first-order valence-corrected chi connectivity index (χ1v) is 11.3. The maximum Gasteiger partial charge on any atom is 0.272 e. The van der Waals surface area contributed by atoms with Gasteiger partial charge in [0.2, 0.25) is 0 Å². The number of nitrogens with zero attached hydrogens (tertiary/aromatic N) is 3. The molecule has 1 fully saturated rings. The van der Waals surface area contributed by atoms with Crippen molar-refractivity contribution in [1.29, 1.82) is 0 Å². The number of Topliss-reactive ketones (excluding diaryl/α,β-unsaturated/α-hetero) is 1. The van der Waals surface area contributed by atoms with Crippen molar-refractivity contribution in [3.05, 3.63) is 17.5 Å². The number of ketones is 1. The quantitative estimate of drug-likeness (QED) is 0.470. The molecule has 23 heavy (non-hydrogen) atoms. The van der Waals surface area contributed by atoms with Gasteiger partial charge in [0, 0.05) is 19.5 Å². The molecule has 0 unspecified atom stereocenters. The molecule has 0 bridgehead atoms. The Bertz CT molecular complexity index is 645. The summed E-state index contributed by atoms with van der Waals surface area (Å²) < 4.78 is 27.0. The second kappa shape index (κ2) is 6.54. The first-order valence-electron chi connectivity index (χ1n) is 7.76. The summed E-state index contributed by atoms with van der Waals surface area (Å²) in [5, 5.41) is 4.21. The Labute approximate surface area is 136 Å². The predicted octanol–water partition coefficient (Wildman–Crippen LogP) is 2.56. The molecule has 1 aliphatic rings. The number of likely N-dealkylation sites (tertiary alicyclic amines) is 1. The lowest BCUT2D eigenvalue weighted by Gasteiger charge is -2.38. The van der Waals surface area contributed by atoms with Gasteiger partial charge in [0.1, 0.15) is 19.5 Å². The maximum absolute atomic E-state index is 12.7. The largest absolute Gasteiger partial charge is 0.292 e. The molecule has 7 heteroatoms. The Morgan fingerprint density at radius 3 is 2.61 bits per heavy atom. The number of carbonyl (C=O) groups excluding carboxylic acids is 1. The molecule has 0 atom stereocenters. The van der Waals surface area contributed by atoms with Crippen LogP contribution in [0.25, 0.3) is 0 Å². The minimum absolute atomic E-state index is 0.0612. The first-order chi connectivity index (χ1) is 10.6. The van der Waals surface area contributed by atoms with Crippen LogP contribution in [0.4, 0.5) is 8.78 Å². The minimum atomic E-state index is -2.55. The van der Waals surface area contributed by atoms with E-state index in [0.29, 0.717) is 25.1 Å². The molecule has 126 valence electrons. The van der Waals surface area contributed by atoms with Crippen molar-refractivity contribution in [2.45, 2.75) is 38.4 Å². The second-order valence-corrected chi connectivity index (χ2v) is 11.9. The average molecular weight is 339 g/mol. The zero-order chi connectivity index (χ0) is 17.3. The average Bonchev–Trinajstić information content (AvgIpc) is 2.74. The van der Waals surface area contributed by atoms with Gasteiger partial charge in [0.15, 0.2) is 5.78 Å². The molecule has 4 nitrogen and oxygen atoms in total. The van der Waals surface area contributed by atoms with Gasteiger partial charge in [-0.3, -0.25) is 14.4 Å². The molecule has 1 aromatic heterocycles. The van der Waals surface area contributed by atoms with Crippen LogP contribution in [-0.4, -0.2) is 54.1 Å². The number of rotatable bonds is 5. The Kier molecular flexibility index (Phi) is 5.06. The molecule has 0 radical (unpaired) electrons. The molecule has 1 saturated heterocycles. The third-order valence-corrected chi connectivity index (χ3v) is 4.39. The van der Waals surface area contributed by atoms with Crippen LogP contribution < -0.4 is 0 Å². The van der Waals surface area contributed by atoms with Gasteiger partial charge in [-0.15, -0.1) is 5.54 Å². The highest BCUT2D eigenvalue weighted by Gasteiger charge is 2.43. The molecule has 0 amide bonds. The zero-order valence-corrected chi connectivity index (χ0v) is 15.1. The molecule has 0 aliphatic carbocycles. The normalized spacial score (nSPS) is 17.3. The Morgan fingerprint density at radius 1 is 1.39 bits per heavy atom. The van der Waals surface area contributed by atoms with Gasteiger partial charge < -0.3 is 0 Å². The molecule has 1 aromatic rings. The van der Waals surface area contributed by atoms with Crippen molar-refractivity contribution in [3.8, 4) is 11.5 Å². The van der Waals surface area contributed by atoms with E-state index in [0.717, 1.165) is 5.69 Å². The molecule has 0 N–H and O–H groups in total. The Morgan fingerprint density at radius 2 is 2.04 bits per heavy atom. The topological polar surface area (TPSA) is 38.1 Å². The van der Waals surface area contributed by atoms with Gasteiger partial charge in [-0.2, -0.15) is 5.10 Å². The van der Waals surface area contributed by atoms with Crippen LogP contribution in [0.2, 0.25) is 19.6 Å². The third kappa shape index (κ3) is 5.25. The smallest absolute Gasteiger partial charge is 0.272 e. The van der Waals surface area contributed by atoms with E-state index in [2.05, 4.69) is 36.2 Å². The zero-order valence-electron chi connectivity index (χ0n) is 14.1. The standard InChI is InChI=1S/C16H23F2N3OSi/c1-20-13(7-9-23(2,3)4)10-14(19-20)15(22)6-5-8-21-11-16(17,18)12-21/h10H,5-6,8,11-12H2,1-4H3. The van der Waals surface area contributed by atoms with E-state index in [1.54, 1.807) is 22.7 Å². The summed E-state index contributed by atoms with van der Waals surface area (Å²) in [6, 6.07) is 1.72. The van der Waals surface area contributed by atoms with Gasteiger partial charge in [-0.25, -0.2) is 8.78 Å². The van der Waals surface area contributed by atoms with E-state index in [9.17, 15) is 13.6 Å². The van der Waals surface area contributed by atoms with E-state index in [4.69, 9.17) is 0 Å². The Hall–Kier alpha value is -1.52. The number of aryl methyl sites for hydroxylation is 1. The van der Waals surface area contributed by atoms with E-state index in [1.807, 2.05) is 0 Å². The third-order valence-electron chi connectivity index (χ3n) is 3.52. The monoisotopic (exact) mass is 339 g/mol. The van der Waals surface area contributed by atoms with E-state index >= 15 is 0 Å². The molecule has 1 aliphatic heterocycles. The van der Waals surface area contributed by atoms with Crippen molar-refractivity contribution in [1.82, 2.24) is 14.7 Å². The van der Waals surface area contributed by atoms with Crippen molar-refractivity contribution in [2.24, 2.45) is 7.05 Å². The highest BCUT2D eigenvalue weighted by Crippen LogP contribution is 2.26. The van der Waals surface area contributed by atoms with Crippen LogP contribution in [0.15, 0.2) is 6.07 Å². The Balaban J connectivity index is 1.86. The summed E-state index contributed by atoms with van der Waals surface area (Å²) in [5.74, 6) is 0.490. The lowest BCUT2D eigenvalue weighted by molar-refractivity contribution is -0.130. The van der Waals surface area contributed by atoms with Gasteiger partial charge in [0.05, 0.1) is 13.1 Å². The van der Waals surface area contributed by atoms with E-state index < -0.39 is 14.0 Å². The molecular weight excluding hydrogens is 316 g/mol. The molecular formula is C16H23F2N3OSi. The van der Waals surface area contributed by atoms with Gasteiger partial charge in [-0.05, 0) is 13.0 Å². The molecule has 0 aromatic carbocycles. The summed E-state index contributed by atoms with van der Waals surface area (Å²) in [5.41, 5.74) is 4.39. The number of halogens is 2. The van der Waals surface area contributed by atoms with Gasteiger partial charge in [0.25, 0.3) is 5.92 Å². The number of hydrogen-bond donors (Lipinski definition) is 0. The number of hydrogen-bond acceptors (Lipinski definition) is 3. The van der Waals surface area contributed by atoms with Crippen LogP contribution in [0.5, 0.6) is 0 Å². The molecule has 0 saturated carbocycles. The fourth-order valence-corrected chi connectivity index (χ4v) is 2.83. The summed E-state index contributed by atoms with van der Waals surface area (Å²) in [4.78, 5) is 13.8.